The van der Waals surface area contributed by atoms with Crippen LogP contribution in [-0.2, 0) is 11.3 Å². The van der Waals surface area contributed by atoms with Gasteiger partial charge in [-0.1, -0.05) is 50.2 Å². The molecule has 0 radical (unpaired) electrons. The van der Waals surface area contributed by atoms with E-state index in [4.69, 9.17) is 9.15 Å². The van der Waals surface area contributed by atoms with Crippen LogP contribution in [0.4, 0.5) is 5.69 Å². The lowest BCUT2D eigenvalue weighted by molar-refractivity contribution is 0.0992. The van der Waals surface area contributed by atoms with Gasteiger partial charge in [-0.05, 0) is 23.6 Å². The summed E-state index contributed by atoms with van der Waals surface area (Å²) in [5.74, 6) is 0.360. The van der Waals surface area contributed by atoms with E-state index in [0.717, 1.165) is 22.2 Å². The quantitative estimate of drug-likeness (QED) is 0.722. The van der Waals surface area contributed by atoms with Crippen LogP contribution in [0.3, 0.4) is 0 Å². The first kappa shape index (κ1) is 16.3. The first-order valence-electron chi connectivity index (χ1n) is 8.01. The molecule has 0 aliphatic rings. The number of carbonyl (C=O) groups excluding carboxylic acids is 1. The number of para-hydroxylation sites is 2. The predicted molar refractivity (Wildman–Crippen MR) is 95.4 cm³/mol. The third-order valence-corrected chi connectivity index (χ3v) is 4.02. The first-order chi connectivity index (χ1) is 11.6. The molecule has 0 saturated heterocycles. The molecule has 0 unspecified atom stereocenters. The van der Waals surface area contributed by atoms with Gasteiger partial charge in [0, 0.05) is 23.7 Å². The van der Waals surface area contributed by atoms with Crippen molar-refractivity contribution in [2.24, 2.45) is 0 Å². The molecule has 4 heteroatoms. The van der Waals surface area contributed by atoms with Gasteiger partial charge in [0.15, 0.2) is 5.76 Å². The zero-order chi connectivity index (χ0) is 17.1. The molecule has 2 aromatic carbocycles. The molecule has 0 atom stereocenters. The second kappa shape index (κ2) is 6.89. The molecule has 4 nitrogen and oxygen atoms in total. The predicted octanol–water partition coefficient (Wildman–Crippen LogP) is 4.95. The van der Waals surface area contributed by atoms with Crippen LogP contribution in [-0.4, -0.2) is 13.0 Å². The second-order valence-corrected chi connectivity index (χ2v) is 6.03. The minimum atomic E-state index is -0.258. The third-order valence-electron chi connectivity index (χ3n) is 4.02. The highest BCUT2D eigenvalue weighted by Crippen LogP contribution is 2.29. The molecular formula is C20H21NO3. The molecule has 1 aromatic heterocycles. The van der Waals surface area contributed by atoms with Crippen molar-refractivity contribution in [3.05, 3.63) is 65.4 Å². The molecule has 0 aliphatic carbocycles. The summed E-state index contributed by atoms with van der Waals surface area (Å²) in [6, 6.07) is 15.4. The Morgan fingerprint density at radius 2 is 1.83 bits per heavy atom. The van der Waals surface area contributed by atoms with Crippen LogP contribution < -0.4 is 5.32 Å². The lowest BCUT2D eigenvalue weighted by Gasteiger charge is -2.13. The van der Waals surface area contributed by atoms with E-state index in [1.807, 2.05) is 48.5 Å². The Bertz CT molecular complexity index is 864. The van der Waals surface area contributed by atoms with Crippen LogP contribution in [0.15, 0.2) is 52.9 Å². The van der Waals surface area contributed by atoms with Crippen LogP contribution in [0.2, 0.25) is 0 Å². The number of nitrogens with one attached hydrogen (secondary N) is 1. The van der Waals surface area contributed by atoms with Gasteiger partial charge < -0.3 is 14.5 Å². The van der Waals surface area contributed by atoms with Gasteiger partial charge in [-0.3, -0.25) is 4.79 Å². The molecule has 0 aliphatic heterocycles. The van der Waals surface area contributed by atoms with Gasteiger partial charge in [0.05, 0.1) is 6.61 Å². The third kappa shape index (κ3) is 3.05. The molecule has 3 aromatic rings. The Kier molecular flexibility index (Phi) is 4.67. The Hall–Kier alpha value is -2.59. The minimum absolute atomic E-state index is 0.258. The lowest BCUT2D eigenvalue weighted by atomic mass is 10.0. The Morgan fingerprint density at radius 1 is 1.12 bits per heavy atom. The van der Waals surface area contributed by atoms with Gasteiger partial charge in [-0.2, -0.15) is 0 Å². The maximum Gasteiger partial charge on any atom is 0.291 e. The molecule has 1 heterocycles. The fraction of sp³-hybridized carbons (Fsp3) is 0.250. The maximum atomic E-state index is 12.8. The molecule has 124 valence electrons. The molecule has 24 heavy (non-hydrogen) atoms. The van der Waals surface area contributed by atoms with E-state index in [9.17, 15) is 4.79 Å². The van der Waals surface area contributed by atoms with Crippen molar-refractivity contribution in [1.29, 1.82) is 0 Å². The zero-order valence-electron chi connectivity index (χ0n) is 14.1. The first-order valence-corrected chi connectivity index (χ1v) is 8.01. The van der Waals surface area contributed by atoms with Gasteiger partial charge in [-0.25, -0.2) is 0 Å². The zero-order valence-corrected chi connectivity index (χ0v) is 14.1. The van der Waals surface area contributed by atoms with Crippen molar-refractivity contribution in [2.45, 2.75) is 26.4 Å². The number of amides is 1. The minimum Gasteiger partial charge on any atom is -0.451 e. The number of methoxy groups -OCH3 is 1. The number of ether oxygens (including phenoxy) is 1. The van der Waals surface area contributed by atoms with Gasteiger partial charge in [-0.15, -0.1) is 0 Å². The molecular weight excluding hydrogens is 302 g/mol. The monoisotopic (exact) mass is 323 g/mol. The second-order valence-electron chi connectivity index (χ2n) is 6.03. The fourth-order valence-corrected chi connectivity index (χ4v) is 2.86. The summed E-state index contributed by atoms with van der Waals surface area (Å²) in [5, 5.41) is 3.88. The summed E-state index contributed by atoms with van der Waals surface area (Å²) in [4.78, 5) is 12.8. The average Bonchev–Trinajstić information content (AvgIpc) is 2.94. The summed E-state index contributed by atoms with van der Waals surface area (Å²) < 4.78 is 11.1. The summed E-state index contributed by atoms with van der Waals surface area (Å²) in [6.45, 7) is 4.52. The van der Waals surface area contributed by atoms with Crippen molar-refractivity contribution in [1.82, 2.24) is 0 Å². The molecule has 3 rings (SSSR count). The molecule has 0 spiro atoms. The Balaban J connectivity index is 1.99. The van der Waals surface area contributed by atoms with Crippen molar-refractivity contribution < 1.29 is 13.9 Å². The van der Waals surface area contributed by atoms with E-state index >= 15 is 0 Å². The number of anilines is 1. The maximum absolute atomic E-state index is 12.8. The molecule has 1 N–H and O–H groups in total. The lowest BCUT2D eigenvalue weighted by Crippen LogP contribution is -2.14. The standard InChI is InChI=1S/C20H21NO3/c1-13(2)14-8-4-6-10-17(14)21-20(22)19-16(12-23-3)15-9-5-7-11-18(15)24-19/h4-11,13H,12H2,1-3H3,(H,21,22). The summed E-state index contributed by atoms with van der Waals surface area (Å²) >= 11 is 0. The molecule has 0 bridgehead atoms. The topological polar surface area (TPSA) is 51.5 Å². The average molecular weight is 323 g/mol. The van der Waals surface area contributed by atoms with Crippen LogP contribution in [0.5, 0.6) is 0 Å². The van der Waals surface area contributed by atoms with Crippen molar-refractivity contribution in [3.8, 4) is 0 Å². The van der Waals surface area contributed by atoms with Crippen LogP contribution in [0.25, 0.3) is 11.0 Å². The van der Waals surface area contributed by atoms with E-state index in [-0.39, 0.29) is 5.91 Å². The number of fused-ring (bicyclic) bond motifs is 1. The largest absolute Gasteiger partial charge is 0.451 e. The number of carbonyl (C=O) groups is 1. The van der Waals surface area contributed by atoms with Crippen LogP contribution in [0, 0.1) is 0 Å². The fourth-order valence-electron chi connectivity index (χ4n) is 2.86. The van der Waals surface area contributed by atoms with Gasteiger partial charge >= 0.3 is 0 Å². The SMILES string of the molecule is COCc1c(C(=O)Nc2ccccc2C(C)C)oc2ccccc12. The van der Waals surface area contributed by atoms with Gasteiger partial charge in [0.1, 0.15) is 5.58 Å². The highest BCUT2D eigenvalue weighted by molar-refractivity contribution is 6.06. The van der Waals surface area contributed by atoms with E-state index in [2.05, 4.69) is 19.2 Å². The smallest absolute Gasteiger partial charge is 0.291 e. The number of hydrogen-bond acceptors (Lipinski definition) is 3. The van der Waals surface area contributed by atoms with Crippen molar-refractivity contribution >= 4 is 22.6 Å². The summed E-state index contributed by atoms with van der Waals surface area (Å²) in [7, 11) is 1.61. The number of hydrogen-bond donors (Lipinski definition) is 1. The van der Waals surface area contributed by atoms with Crippen LogP contribution >= 0.6 is 0 Å². The Morgan fingerprint density at radius 3 is 2.58 bits per heavy atom. The number of furan rings is 1. The highest BCUT2D eigenvalue weighted by atomic mass is 16.5. The summed E-state index contributed by atoms with van der Waals surface area (Å²) in [6.07, 6.45) is 0. The summed E-state index contributed by atoms with van der Waals surface area (Å²) in [5.41, 5.74) is 3.36. The number of benzene rings is 2. The number of rotatable bonds is 5. The molecule has 0 saturated carbocycles. The van der Waals surface area contributed by atoms with Gasteiger partial charge in [0.2, 0.25) is 0 Å². The van der Waals surface area contributed by atoms with Crippen molar-refractivity contribution in [2.75, 3.05) is 12.4 Å². The van der Waals surface area contributed by atoms with Gasteiger partial charge in [0.25, 0.3) is 5.91 Å². The highest BCUT2D eigenvalue weighted by Gasteiger charge is 2.21. The normalized spacial score (nSPS) is 11.2. The Labute approximate surface area is 141 Å². The van der Waals surface area contributed by atoms with E-state index in [0.29, 0.717) is 23.9 Å². The molecule has 0 fully saturated rings. The van der Waals surface area contributed by atoms with Crippen LogP contribution in [0.1, 0.15) is 41.4 Å². The van der Waals surface area contributed by atoms with E-state index in [1.54, 1.807) is 7.11 Å². The van der Waals surface area contributed by atoms with E-state index in [1.165, 1.54) is 0 Å². The van der Waals surface area contributed by atoms with E-state index < -0.39 is 0 Å². The molecule has 1 amide bonds. The van der Waals surface area contributed by atoms with Crippen molar-refractivity contribution in [3.63, 3.8) is 0 Å².